The van der Waals surface area contributed by atoms with Crippen molar-refractivity contribution in [3.05, 3.63) is 16.2 Å². The third-order valence-corrected chi connectivity index (χ3v) is 3.45. The average Bonchev–Trinajstić information content (AvgIpc) is 3.01. The molecule has 22 heavy (non-hydrogen) atoms. The number of aliphatic hydroxyl groups is 1. The summed E-state index contributed by atoms with van der Waals surface area (Å²) in [6, 6.07) is 1.64. The van der Waals surface area contributed by atoms with E-state index in [2.05, 4.69) is 15.6 Å². The molecule has 3 rings (SSSR count). The van der Waals surface area contributed by atoms with E-state index in [4.69, 9.17) is 14.5 Å². The fourth-order valence-electron chi connectivity index (χ4n) is 2.47. The Morgan fingerprint density at radius 1 is 1.36 bits per heavy atom. The summed E-state index contributed by atoms with van der Waals surface area (Å²) in [5, 5.41) is 30.6. The lowest BCUT2D eigenvalue weighted by molar-refractivity contribution is -0.382. The minimum atomic E-state index is -0.532. The second-order valence-corrected chi connectivity index (χ2v) is 4.76. The molecule has 0 aliphatic carbocycles. The van der Waals surface area contributed by atoms with Crippen molar-refractivity contribution in [2.75, 3.05) is 49.7 Å². The van der Waals surface area contributed by atoms with Crippen molar-refractivity contribution in [1.82, 2.24) is 10.3 Å². The lowest BCUT2D eigenvalue weighted by Gasteiger charge is -2.29. The Hall–Kier alpha value is -2.46. The SMILES string of the molecule is O=[N+]([O-])c1c(NCCO)cc(N2CCOCC2)c2nonc12. The summed E-state index contributed by atoms with van der Waals surface area (Å²) in [7, 11) is 0. The van der Waals surface area contributed by atoms with Crippen molar-refractivity contribution >= 4 is 28.1 Å². The summed E-state index contributed by atoms with van der Waals surface area (Å²) in [6.07, 6.45) is 0. The quantitative estimate of drug-likeness (QED) is 0.594. The van der Waals surface area contributed by atoms with Gasteiger partial charge in [0, 0.05) is 19.6 Å². The highest BCUT2D eigenvalue weighted by Crippen LogP contribution is 2.38. The first kappa shape index (κ1) is 14.5. The molecule has 1 aliphatic heterocycles. The second kappa shape index (κ2) is 6.12. The molecule has 1 aromatic carbocycles. The van der Waals surface area contributed by atoms with Crippen molar-refractivity contribution in [2.24, 2.45) is 0 Å². The Kier molecular flexibility index (Phi) is 4.02. The van der Waals surface area contributed by atoms with Gasteiger partial charge in [-0.05, 0) is 16.4 Å². The molecular formula is C12H15N5O5. The van der Waals surface area contributed by atoms with Gasteiger partial charge in [-0.25, -0.2) is 4.63 Å². The van der Waals surface area contributed by atoms with Crippen LogP contribution in [0.3, 0.4) is 0 Å². The molecule has 1 saturated heterocycles. The zero-order valence-electron chi connectivity index (χ0n) is 11.7. The average molecular weight is 309 g/mol. The number of nitro benzene ring substituents is 1. The monoisotopic (exact) mass is 309 g/mol. The predicted octanol–water partition coefficient (Wildman–Crippen LogP) is 0.372. The van der Waals surface area contributed by atoms with E-state index in [1.165, 1.54) is 0 Å². The van der Waals surface area contributed by atoms with E-state index in [0.717, 1.165) is 0 Å². The number of hydrogen-bond donors (Lipinski definition) is 2. The van der Waals surface area contributed by atoms with Crippen LogP contribution < -0.4 is 10.2 Å². The Balaban J connectivity index is 2.13. The lowest BCUT2D eigenvalue weighted by atomic mass is 10.1. The molecule has 2 heterocycles. The van der Waals surface area contributed by atoms with Crippen molar-refractivity contribution < 1.29 is 19.4 Å². The number of nitrogens with zero attached hydrogens (tertiary/aromatic N) is 4. The Bertz CT molecular complexity index is 682. The first-order chi connectivity index (χ1) is 10.7. The van der Waals surface area contributed by atoms with Crippen molar-refractivity contribution in [2.45, 2.75) is 0 Å². The van der Waals surface area contributed by atoms with E-state index in [-0.39, 0.29) is 30.0 Å². The van der Waals surface area contributed by atoms with Gasteiger partial charge in [0.15, 0.2) is 5.52 Å². The van der Waals surface area contributed by atoms with Gasteiger partial charge in [0.05, 0.1) is 30.4 Å². The Morgan fingerprint density at radius 3 is 2.77 bits per heavy atom. The molecular weight excluding hydrogens is 294 g/mol. The second-order valence-electron chi connectivity index (χ2n) is 4.76. The van der Waals surface area contributed by atoms with Crippen molar-refractivity contribution in [3.8, 4) is 0 Å². The molecule has 2 N–H and O–H groups in total. The third kappa shape index (κ3) is 2.53. The van der Waals surface area contributed by atoms with Crippen LogP contribution in [0.25, 0.3) is 11.0 Å². The molecule has 0 radical (unpaired) electrons. The number of benzene rings is 1. The number of fused-ring (bicyclic) bond motifs is 1. The Labute approximate surface area is 124 Å². The zero-order valence-corrected chi connectivity index (χ0v) is 11.7. The lowest BCUT2D eigenvalue weighted by Crippen LogP contribution is -2.36. The number of aromatic nitrogens is 2. The summed E-state index contributed by atoms with van der Waals surface area (Å²) in [4.78, 5) is 12.8. The molecule has 0 unspecified atom stereocenters. The van der Waals surface area contributed by atoms with Gasteiger partial charge in [0.25, 0.3) is 0 Å². The molecule has 118 valence electrons. The topological polar surface area (TPSA) is 127 Å². The number of hydrogen-bond acceptors (Lipinski definition) is 9. The van der Waals surface area contributed by atoms with Crippen LogP contribution >= 0.6 is 0 Å². The van der Waals surface area contributed by atoms with Gasteiger partial charge in [-0.1, -0.05) is 0 Å². The van der Waals surface area contributed by atoms with E-state index < -0.39 is 4.92 Å². The molecule has 10 heteroatoms. The van der Waals surface area contributed by atoms with Gasteiger partial charge >= 0.3 is 5.69 Å². The number of ether oxygens (including phenoxy) is 1. The maximum Gasteiger partial charge on any atom is 0.323 e. The molecule has 2 aromatic rings. The highest BCUT2D eigenvalue weighted by atomic mass is 16.6. The van der Waals surface area contributed by atoms with Gasteiger partial charge in [-0.3, -0.25) is 10.1 Å². The summed E-state index contributed by atoms with van der Waals surface area (Å²) >= 11 is 0. The molecule has 0 atom stereocenters. The van der Waals surface area contributed by atoms with Crippen LogP contribution in [-0.2, 0) is 4.74 Å². The molecule has 1 fully saturated rings. The number of aliphatic hydroxyl groups excluding tert-OH is 1. The van der Waals surface area contributed by atoms with E-state index in [9.17, 15) is 10.1 Å². The predicted molar refractivity (Wildman–Crippen MR) is 77.1 cm³/mol. The summed E-state index contributed by atoms with van der Waals surface area (Å²) in [5.74, 6) is 0. The van der Waals surface area contributed by atoms with Crippen LogP contribution in [0.4, 0.5) is 17.1 Å². The maximum absolute atomic E-state index is 11.3. The number of anilines is 2. The number of rotatable bonds is 5. The van der Waals surface area contributed by atoms with E-state index in [1.54, 1.807) is 6.07 Å². The third-order valence-electron chi connectivity index (χ3n) is 3.45. The van der Waals surface area contributed by atoms with Gasteiger partial charge in [0.1, 0.15) is 5.69 Å². The normalized spacial score (nSPS) is 15.2. The maximum atomic E-state index is 11.3. The van der Waals surface area contributed by atoms with Gasteiger partial charge in [-0.2, -0.15) is 0 Å². The largest absolute Gasteiger partial charge is 0.395 e. The molecule has 1 aliphatic rings. The molecule has 0 spiro atoms. The van der Waals surface area contributed by atoms with Crippen LogP contribution in [-0.4, -0.2) is 59.8 Å². The van der Waals surface area contributed by atoms with Crippen LogP contribution in [0.5, 0.6) is 0 Å². The molecule has 1 aromatic heterocycles. The van der Waals surface area contributed by atoms with Crippen molar-refractivity contribution in [3.63, 3.8) is 0 Å². The molecule has 0 bridgehead atoms. The first-order valence-corrected chi connectivity index (χ1v) is 6.83. The summed E-state index contributed by atoms with van der Waals surface area (Å²) < 4.78 is 10.0. The van der Waals surface area contributed by atoms with Crippen LogP contribution in [0, 0.1) is 10.1 Å². The van der Waals surface area contributed by atoms with Gasteiger partial charge in [0.2, 0.25) is 5.52 Å². The van der Waals surface area contributed by atoms with Crippen LogP contribution in [0.15, 0.2) is 10.7 Å². The molecule has 10 nitrogen and oxygen atoms in total. The highest BCUT2D eigenvalue weighted by Gasteiger charge is 2.28. The van der Waals surface area contributed by atoms with Gasteiger partial charge < -0.3 is 20.1 Å². The smallest absolute Gasteiger partial charge is 0.323 e. The van der Waals surface area contributed by atoms with Crippen molar-refractivity contribution in [1.29, 1.82) is 0 Å². The summed E-state index contributed by atoms with van der Waals surface area (Å²) in [6.45, 7) is 2.50. The standard InChI is InChI=1S/C12H15N5O5/c18-4-1-13-8-7-9(16-2-5-21-6-3-16)10-11(15-22-14-10)12(8)17(19)20/h7,13,18H,1-6H2. The number of morpholine rings is 1. The minimum Gasteiger partial charge on any atom is -0.395 e. The highest BCUT2D eigenvalue weighted by molar-refractivity contribution is 5.99. The van der Waals surface area contributed by atoms with Gasteiger partial charge in [-0.15, -0.1) is 0 Å². The number of nitro groups is 1. The number of nitrogens with one attached hydrogen (secondary N) is 1. The molecule has 0 amide bonds. The first-order valence-electron chi connectivity index (χ1n) is 6.83. The van der Waals surface area contributed by atoms with Crippen LogP contribution in [0.2, 0.25) is 0 Å². The zero-order chi connectivity index (χ0) is 15.5. The fourth-order valence-corrected chi connectivity index (χ4v) is 2.47. The van der Waals surface area contributed by atoms with E-state index >= 15 is 0 Å². The van der Waals surface area contributed by atoms with Crippen LogP contribution in [0.1, 0.15) is 0 Å². The van der Waals surface area contributed by atoms with E-state index in [1.807, 2.05) is 4.90 Å². The fraction of sp³-hybridized carbons (Fsp3) is 0.500. The Morgan fingerprint density at radius 2 is 2.09 bits per heavy atom. The molecule has 0 saturated carbocycles. The minimum absolute atomic E-state index is 0.0921. The van der Waals surface area contributed by atoms with E-state index in [0.29, 0.717) is 37.5 Å². The summed E-state index contributed by atoms with van der Waals surface area (Å²) in [5.41, 5.74) is 1.22.